The second-order valence-electron chi connectivity index (χ2n) is 6.69. The summed E-state index contributed by atoms with van der Waals surface area (Å²) in [5.41, 5.74) is 1.09. The minimum absolute atomic E-state index is 0. The number of nitrogens with one attached hydrogen (secondary N) is 1. The SMILES string of the molecule is CCNC(=NCC(O)c1ccccc1F)N1CCN(c2ccccc2O)CC1.I. The number of halogens is 2. The molecule has 1 saturated heterocycles. The molecule has 29 heavy (non-hydrogen) atoms. The predicted molar refractivity (Wildman–Crippen MR) is 125 cm³/mol. The van der Waals surface area contributed by atoms with Crippen molar-refractivity contribution in [2.24, 2.45) is 4.99 Å². The van der Waals surface area contributed by atoms with Crippen LogP contribution in [0.4, 0.5) is 10.1 Å². The number of aliphatic hydroxyl groups is 1. The number of phenolic OH excluding ortho intramolecular Hbond substituents is 1. The smallest absolute Gasteiger partial charge is 0.194 e. The molecule has 0 radical (unpaired) electrons. The standard InChI is InChI=1S/C21H27FN4O2.HI/c1-2-23-21(24-15-20(28)16-7-3-4-8-17(16)22)26-13-11-25(12-14-26)18-9-5-6-10-19(18)27;/h3-10,20,27-28H,2,11-15H2,1H3,(H,23,24);1H. The highest BCUT2D eigenvalue weighted by molar-refractivity contribution is 14.0. The lowest BCUT2D eigenvalue weighted by atomic mass is 10.1. The highest BCUT2D eigenvalue weighted by Gasteiger charge is 2.22. The highest BCUT2D eigenvalue weighted by Crippen LogP contribution is 2.27. The third-order valence-electron chi connectivity index (χ3n) is 4.81. The van der Waals surface area contributed by atoms with Gasteiger partial charge in [-0.05, 0) is 25.1 Å². The third kappa shape index (κ3) is 5.96. The number of anilines is 1. The van der Waals surface area contributed by atoms with E-state index in [1.54, 1.807) is 24.3 Å². The maximum atomic E-state index is 13.8. The molecule has 1 atom stereocenters. The van der Waals surface area contributed by atoms with Crippen LogP contribution < -0.4 is 10.2 Å². The molecule has 1 aliphatic heterocycles. The summed E-state index contributed by atoms with van der Waals surface area (Å²) in [5, 5.41) is 23.6. The lowest BCUT2D eigenvalue weighted by molar-refractivity contribution is 0.181. The zero-order valence-electron chi connectivity index (χ0n) is 16.5. The second-order valence-corrected chi connectivity index (χ2v) is 6.69. The first kappa shape index (κ1) is 23.2. The van der Waals surface area contributed by atoms with Crippen molar-refractivity contribution in [2.45, 2.75) is 13.0 Å². The monoisotopic (exact) mass is 514 g/mol. The Bertz CT molecular complexity index is 813. The molecule has 1 unspecified atom stereocenters. The molecule has 0 aliphatic carbocycles. The fraction of sp³-hybridized carbons (Fsp3) is 0.381. The van der Waals surface area contributed by atoms with Crippen molar-refractivity contribution in [1.29, 1.82) is 0 Å². The van der Waals surface area contributed by atoms with Crippen molar-refractivity contribution in [3.8, 4) is 5.75 Å². The van der Waals surface area contributed by atoms with Crippen molar-refractivity contribution in [3.05, 3.63) is 59.9 Å². The molecule has 158 valence electrons. The molecule has 0 aromatic heterocycles. The molecule has 6 nitrogen and oxygen atoms in total. The number of rotatable bonds is 5. The third-order valence-corrected chi connectivity index (χ3v) is 4.81. The molecule has 3 N–H and O–H groups in total. The van der Waals surface area contributed by atoms with Crippen LogP contribution in [0.5, 0.6) is 5.75 Å². The second kappa shape index (κ2) is 11.2. The molecule has 0 bridgehead atoms. The zero-order valence-corrected chi connectivity index (χ0v) is 18.8. The topological polar surface area (TPSA) is 71.3 Å². The lowest BCUT2D eigenvalue weighted by Crippen LogP contribution is -2.52. The van der Waals surface area contributed by atoms with E-state index in [0.717, 1.165) is 31.9 Å². The average molecular weight is 514 g/mol. The van der Waals surface area contributed by atoms with Crippen LogP contribution >= 0.6 is 24.0 Å². The highest BCUT2D eigenvalue weighted by atomic mass is 127. The van der Waals surface area contributed by atoms with E-state index in [2.05, 4.69) is 20.1 Å². The van der Waals surface area contributed by atoms with Gasteiger partial charge in [-0.2, -0.15) is 0 Å². The molecular formula is C21H28FIN4O2. The number of nitrogens with zero attached hydrogens (tertiary/aromatic N) is 3. The summed E-state index contributed by atoms with van der Waals surface area (Å²) < 4.78 is 13.8. The molecular weight excluding hydrogens is 486 g/mol. The molecule has 2 aromatic carbocycles. The van der Waals surface area contributed by atoms with Gasteiger partial charge in [0, 0.05) is 38.3 Å². The number of aromatic hydroxyl groups is 1. The van der Waals surface area contributed by atoms with E-state index in [9.17, 15) is 14.6 Å². The van der Waals surface area contributed by atoms with Gasteiger partial charge in [0.05, 0.1) is 12.2 Å². The predicted octanol–water partition coefficient (Wildman–Crippen LogP) is 2.97. The van der Waals surface area contributed by atoms with E-state index in [-0.39, 0.29) is 41.8 Å². The van der Waals surface area contributed by atoms with Crippen LogP contribution in [0.15, 0.2) is 53.5 Å². The Kier molecular flexibility index (Phi) is 8.97. The van der Waals surface area contributed by atoms with Crippen LogP contribution in [0.3, 0.4) is 0 Å². The first-order valence-corrected chi connectivity index (χ1v) is 9.59. The normalized spacial score (nSPS) is 15.6. The number of aliphatic imine (C=N–C) groups is 1. The van der Waals surface area contributed by atoms with E-state index >= 15 is 0 Å². The summed E-state index contributed by atoms with van der Waals surface area (Å²) in [4.78, 5) is 8.78. The summed E-state index contributed by atoms with van der Waals surface area (Å²) in [6.07, 6.45) is -0.989. The number of para-hydroxylation sites is 2. The van der Waals surface area contributed by atoms with Gasteiger partial charge in [-0.1, -0.05) is 30.3 Å². The fourth-order valence-electron chi connectivity index (χ4n) is 3.33. The van der Waals surface area contributed by atoms with Gasteiger partial charge < -0.3 is 25.3 Å². The average Bonchev–Trinajstić information content (AvgIpc) is 2.72. The molecule has 3 rings (SSSR count). The summed E-state index contributed by atoms with van der Waals surface area (Å²) in [5.74, 6) is 0.561. The van der Waals surface area contributed by atoms with Crippen molar-refractivity contribution in [1.82, 2.24) is 10.2 Å². The van der Waals surface area contributed by atoms with Crippen LogP contribution in [0.2, 0.25) is 0 Å². The Hall–Kier alpha value is -2.07. The molecule has 0 saturated carbocycles. The number of benzene rings is 2. The maximum Gasteiger partial charge on any atom is 0.194 e. The van der Waals surface area contributed by atoms with E-state index < -0.39 is 11.9 Å². The van der Waals surface area contributed by atoms with Gasteiger partial charge in [0.2, 0.25) is 0 Å². The van der Waals surface area contributed by atoms with Crippen molar-refractivity contribution in [3.63, 3.8) is 0 Å². The van der Waals surface area contributed by atoms with E-state index in [1.165, 1.54) is 6.07 Å². The van der Waals surface area contributed by atoms with Gasteiger partial charge in [0.1, 0.15) is 17.7 Å². The largest absolute Gasteiger partial charge is 0.506 e. The first-order chi connectivity index (χ1) is 13.6. The first-order valence-electron chi connectivity index (χ1n) is 9.59. The molecule has 8 heteroatoms. The number of guanidine groups is 1. The van der Waals surface area contributed by atoms with Crippen molar-refractivity contribution in [2.75, 3.05) is 44.2 Å². The molecule has 0 amide bonds. The molecule has 1 heterocycles. The Labute approximate surface area is 188 Å². The van der Waals surface area contributed by atoms with Gasteiger partial charge in [-0.25, -0.2) is 4.39 Å². The Morgan fingerprint density at radius 3 is 2.41 bits per heavy atom. The van der Waals surface area contributed by atoms with Crippen molar-refractivity contribution >= 4 is 35.6 Å². The number of phenols is 1. The van der Waals surface area contributed by atoms with Crippen LogP contribution in [0.1, 0.15) is 18.6 Å². The van der Waals surface area contributed by atoms with Gasteiger partial charge in [-0.3, -0.25) is 4.99 Å². The van der Waals surface area contributed by atoms with Crippen LogP contribution in [-0.2, 0) is 0 Å². The Morgan fingerprint density at radius 2 is 1.76 bits per heavy atom. The van der Waals surface area contributed by atoms with Gasteiger partial charge in [0.15, 0.2) is 5.96 Å². The lowest BCUT2D eigenvalue weighted by Gasteiger charge is -2.38. The minimum Gasteiger partial charge on any atom is -0.506 e. The number of hydrogen-bond donors (Lipinski definition) is 3. The van der Waals surface area contributed by atoms with E-state index in [4.69, 9.17) is 0 Å². The number of hydrogen-bond acceptors (Lipinski definition) is 4. The fourth-order valence-corrected chi connectivity index (χ4v) is 3.33. The number of aliphatic hydroxyl groups excluding tert-OH is 1. The Balaban J connectivity index is 0.00000300. The van der Waals surface area contributed by atoms with Gasteiger partial charge >= 0.3 is 0 Å². The van der Waals surface area contributed by atoms with E-state index in [0.29, 0.717) is 12.5 Å². The number of piperazine rings is 1. The van der Waals surface area contributed by atoms with Gasteiger partial charge in [0.25, 0.3) is 0 Å². The van der Waals surface area contributed by atoms with E-state index in [1.807, 2.05) is 25.1 Å². The summed E-state index contributed by atoms with van der Waals surface area (Å²) >= 11 is 0. The van der Waals surface area contributed by atoms with Crippen LogP contribution in [0.25, 0.3) is 0 Å². The molecule has 1 fully saturated rings. The molecule has 1 aliphatic rings. The summed E-state index contributed by atoms with van der Waals surface area (Å²) in [7, 11) is 0. The summed E-state index contributed by atoms with van der Waals surface area (Å²) in [6.45, 7) is 5.74. The van der Waals surface area contributed by atoms with Gasteiger partial charge in [-0.15, -0.1) is 24.0 Å². The summed E-state index contributed by atoms with van der Waals surface area (Å²) in [6, 6.07) is 13.5. The minimum atomic E-state index is -0.989. The Morgan fingerprint density at radius 1 is 1.10 bits per heavy atom. The maximum absolute atomic E-state index is 13.8. The van der Waals surface area contributed by atoms with Crippen LogP contribution in [0, 0.1) is 5.82 Å². The van der Waals surface area contributed by atoms with Crippen LogP contribution in [-0.4, -0.2) is 60.3 Å². The quantitative estimate of drug-likeness (QED) is 0.325. The van der Waals surface area contributed by atoms with Crippen molar-refractivity contribution < 1.29 is 14.6 Å². The molecule has 0 spiro atoms. The molecule has 2 aromatic rings. The zero-order chi connectivity index (χ0) is 19.9.